The first-order valence-corrected chi connectivity index (χ1v) is 10.7. The van der Waals surface area contributed by atoms with Crippen LogP contribution in [0, 0.1) is 12.8 Å². The van der Waals surface area contributed by atoms with Gasteiger partial charge in [-0.3, -0.25) is 0 Å². The molecule has 0 amide bonds. The van der Waals surface area contributed by atoms with Crippen LogP contribution >= 0.6 is 23.1 Å². The summed E-state index contributed by atoms with van der Waals surface area (Å²) < 4.78 is 7.34. The minimum Gasteiger partial charge on any atom is -0.338 e. The standard InChI is InChI=1S/C18H23N5OS2/c1-5-12-6-7-14-13(8-12)9-15(26-14)16-20-21-18(23(16)4)25-10(2)17-19-11(3)22-24-17/h9-10,12H,5-8H2,1-4H3. The van der Waals surface area contributed by atoms with Crippen LogP contribution in [0.25, 0.3) is 10.7 Å². The highest BCUT2D eigenvalue weighted by molar-refractivity contribution is 7.99. The van der Waals surface area contributed by atoms with Gasteiger partial charge in [0, 0.05) is 11.9 Å². The number of fused-ring (bicyclic) bond motifs is 1. The van der Waals surface area contributed by atoms with Gasteiger partial charge < -0.3 is 9.09 Å². The summed E-state index contributed by atoms with van der Waals surface area (Å²) in [5.41, 5.74) is 1.51. The van der Waals surface area contributed by atoms with Gasteiger partial charge in [-0.05, 0) is 50.7 Å². The van der Waals surface area contributed by atoms with E-state index in [0.717, 1.165) is 16.9 Å². The molecule has 26 heavy (non-hydrogen) atoms. The maximum Gasteiger partial charge on any atom is 0.239 e. The third-order valence-corrected chi connectivity index (χ3v) is 7.35. The quantitative estimate of drug-likeness (QED) is 0.594. The minimum absolute atomic E-state index is 0.0359. The molecule has 1 aliphatic carbocycles. The van der Waals surface area contributed by atoms with Crippen LogP contribution in [-0.2, 0) is 19.9 Å². The van der Waals surface area contributed by atoms with E-state index in [1.54, 1.807) is 11.8 Å². The summed E-state index contributed by atoms with van der Waals surface area (Å²) in [4.78, 5) is 7.05. The van der Waals surface area contributed by atoms with Crippen molar-refractivity contribution in [2.45, 2.75) is 56.9 Å². The molecule has 0 N–H and O–H groups in total. The van der Waals surface area contributed by atoms with E-state index in [9.17, 15) is 0 Å². The van der Waals surface area contributed by atoms with Crippen molar-refractivity contribution in [3.05, 3.63) is 28.2 Å². The van der Waals surface area contributed by atoms with Crippen molar-refractivity contribution in [2.24, 2.45) is 13.0 Å². The topological polar surface area (TPSA) is 69.6 Å². The van der Waals surface area contributed by atoms with Crippen molar-refractivity contribution in [1.82, 2.24) is 24.9 Å². The molecule has 6 nitrogen and oxygen atoms in total. The van der Waals surface area contributed by atoms with E-state index in [1.807, 2.05) is 32.2 Å². The highest BCUT2D eigenvalue weighted by atomic mass is 32.2. The van der Waals surface area contributed by atoms with Gasteiger partial charge in [0.25, 0.3) is 0 Å². The Morgan fingerprint density at radius 3 is 3.00 bits per heavy atom. The summed E-state index contributed by atoms with van der Waals surface area (Å²) in [5.74, 6) is 3.04. The molecule has 0 aliphatic heterocycles. The molecule has 0 saturated heterocycles. The molecule has 138 valence electrons. The van der Waals surface area contributed by atoms with Gasteiger partial charge in [-0.1, -0.05) is 30.3 Å². The molecule has 3 aromatic heterocycles. The van der Waals surface area contributed by atoms with E-state index in [4.69, 9.17) is 4.52 Å². The van der Waals surface area contributed by atoms with Gasteiger partial charge in [-0.2, -0.15) is 4.98 Å². The number of rotatable bonds is 5. The maximum atomic E-state index is 5.27. The van der Waals surface area contributed by atoms with E-state index in [-0.39, 0.29) is 5.25 Å². The Hall–Kier alpha value is -1.67. The Balaban J connectivity index is 1.55. The van der Waals surface area contributed by atoms with Gasteiger partial charge in [0.2, 0.25) is 5.89 Å². The predicted octanol–water partition coefficient (Wildman–Crippen LogP) is 4.60. The molecule has 0 fully saturated rings. The van der Waals surface area contributed by atoms with Crippen LogP contribution in [0.5, 0.6) is 0 Å². The van der Waals surface area contributed by atoms with Gasteiger partial charge >= 0.3 is 0 Å². The number of aromatic nitrogens is 5. The van der Waals surface area contributed by atoms with Crippen molar-refractivity contribution < 1.29 is 4.52 Å². The molecular formula is C18H23N5OS2. The second-order valence-electron chi connectivity index (χ2n) is 6.88. The summed E-state index contributed by atoms with van der Waals surface area (Å²) in [6.45, 7) is 6.16. The van der Waals surface area contributed by atoms with Crippen molar-refractivity contribution in [3.8, 4) is 10.7 Å². The van der Waals surface area contributed by atoms with Gasteiger partial charge in [0.15, 0.2) is 16.8 Å². The van der Waals surface area contributed by atoms with Crippen molar-refractivity contribution >= 4 is 23.1 Å². The highest BCUT2D eigenvalue weighted by Gasteiger charge is 2.23. The molecule has 2 unspecified atom stereocenters. The van der Waals surface area contributed by atoms with E-state index >= 15 is 0 Å². The third kappa shape index (κ3) is 3.32. The zero-order valence-corrected chi connectivity index (χ0v) is 17.2. The second kappa shape index (κ2) is 7.15. The van der Waals surface area contributed by atoms with Crippen molar-refractivity contribution in [2.75, 3.05) is 0 Å². The van der Waals surface area contributed by atoms with Gasteiger partial charge in [0.05, 0.1) is 10.1 Å². The average molecular weight is 390 g/mol. The Morgan fingerprint density at radius 1 is 1.42 bits per heavy atom. The second-order valence-corrected chi connectivity index (χ2v) is 9.33. The molecule has 4 rings (SSSR count). The molecule has 0 aromatic carbocycles. The maximum absolute atomic E-state index is 5.27. The SMILES string of the molecule is CCC1CCc2sc(-c3nnc(SC(C)c4nc(C)no4)n3C)cc2C1. The van der Waals surface area contributed by atoms with Gasteiger partial charge in [-0.25, -0.2) is 0 Å². The number of aryl methyl sites for hydroxylation is 2. The summed E-state index contributed by atoms with van der Waals surface area (Å²) in [6.07, 6.45) is 4.98. The lowest BCUT2D eigenvalue weighted by Crippen LogP contribution is -2.10. The molecule has 0 bridgehead atoms. The van der Waals surface area contributed by atoms with Crippen LogP contribution in [0.3, 0.4) is 0 Å². The summed E-state index contributed by atoms with van der Waals surface area (Å²) in [7, 11) is 2.02. The number of nitrogens with zero attached hydrogens (tertiary/aromatic N) is 5. The van der Waals surface area contributed by atoms with E-state index in [2.05, 4.69) is 37.9 Å². The first-order chi connectivity index (χ1) is 12.5. The van der Waals surface area contributed by atoms with Crippen molar-refractivity contribution in [3.63, 3.8) is 0 Å². The molecule has 0 saturated carbocycles. The smallest absolute Gasteiger partial charge is 0.239 e. The lowest BCUT2D eigenvalue weighted by atomic mass is 9.87. The zero-order valence-electron chi connectivity index (χ0n) is 15.5. The van der Waals surface area contributed by atoms with E-state index in [0.29, 0.717) is 11.7 Å². The fourth-order valence-electron chi connectivity index (χ4n) is 3.38. The molecule has 3 aromatic rings. The average Bonchev–Trinajstić information content (AvgIpc) is 3.33. The highest BCUT2D eigenvalue weighted by Crippen LogP contribution is 2.39. The van der Waals surface area contributed by atoms with Crippen LogP contribution in [0.4, 0.5) is 0 Å². The largest absolute Gasteiger partial charge is 0.338 e. The lowest BCUT2D eigenvalue weighted by Gasteiger charge is -2.19. The minimum atomic E-state index is 0.0359. The van der Waals surface area contributed by atoms with E-state index < -0.39 is 0 Å². The van der Waals surface area contributed by atoms with Crippen molar-refractivity contribution in [1.29, 1.82) is 0 Å². The van der Waals surface area contributed by atoms with Crippen LogP contribution in [-0.4, -0.2) is 24.9 Å². The molecule has 0 radical (unpaired) electrons. The molecule has 8 heteroatoms. The predicted molar refractivity (Wildman–Crippen MR) is 103 cm³/mol. The molecule has 2 atom stereocenters. The first kappa shape index (κ1) is 17.7. The molecule has 3 heterocycles. The summed E-state index contributed by atoms with van der Waals surface area (Å²) in [5, 5.41) is 13.6. The number of hydrogen-bond acceptors (Lipinski definition) is 7. The molecule has 0 spiro atoms. The normalized spacial score (nSPS) is 18.1. The lowest BCUT2D eigenvalue weighted by molar-refractivity contribution is 0.376. The monoisotopic (exact) mass is 389 g/mol. The first-order valence-electron chi connectivity index (χ1n) is 9.03. The number of thioether (sulfide) groups is 1. The fraction of sp³-hybridized carbons (Fsp3) is 0.556. The zero-order chi connectivity index (χ0) is 18.3. The number of thiophene rings is 1. The Kier molecular flexibility index (Phi) is 4.88. The molecule has 1 aliphatic rings. The Morgan fingerprint density at radius 2 is 2.27 bits per heavy atom. The third-order valence-electron chi connectivity index (χ3n) is 4.99. The summed E-state index contributed by atoms with van der Waals surface area (Å²) in [6, 6.07) is 2.32. The molecular weight excluding hydrogens is 366 g/mol. The van der Waals surface area contributed by atoms with Gasteiger partial charge in [-0.15, -0.1) is 21.5 Å². The fourth-order valence-corrected chi connectivity index (χ4v) is 5.45. The van der Waals surface area contributed by atoms with E-state index in [1.165, 1.54) is 41.0 Å². The Labute approximate surface area is 161 Å². The van der Waals surface area contributed by atoms with Crippen LogP contribution in [0.2, 0.25) is 0 Å². The summed E-state index contributed by atoms with van der Waals surface area (Å²) >= 11 is 3.46. The van der Waals surface area contributed by atoms with Crippen LogP contribution < -0.4 is 0 Å². The van der Waals surface area contributed by atoms with Gasteiger partial charge in [0.1, 0.15) is 0 Å². The number of hydrogen-bond donors (Lipinski definition) is 0. The van der Waals surface area contributed by atoms with Crippen LogP contribution in [0.15, 0.2) is 15.7 Å². The van der Waals surface area contributed by atoms with Crippen LogP contribution in [0.1, 0.15) is 54.1 Å². The Bertz CT molecular complexity index is 913.